The summed E-state index contributed by atoms with van der Waals surface area (Å²) in [5, 5.41) is 6.68. The molecule has 4 heteroatoms. The zero-order valence-electron chi connectivity index (χ0n) is 13.7. The van der Waals surface area contributed by atoms with Gasteiger partial charge in [0.25, 0.3) is 0 Å². The quantitative estimate of drug-likeness (QED) is 0.610. The molecule has 3 rings (SSSR count). The first kappa shape index (κ1) is 15.7. The van der Waals surface area contributed by atoms with Gasteiger partial charge in [0.15, 0.2) is 5.96 Å². The third-order valence-corrected chi connectivity index (χ3v) is 4.22. The average molecular weight is 311 g/mol. The number of hydrogen-bond acceptors (Lipinski definition) is 2. The van der Waals surface area contributed by atoms with Crippen LogP contribution in [0.25, 0.3) is 0 Å². The molecule has 1 aliphatic rings. The molecule has 2 unspecified atom stereocenters. The van der Waals surface area contributed by atoms with Crippen molar-refractivity contribution in [2.24, 2.45) is 10.9 Å². The second kappa shape index (κ2) is 7.86. The summed E-state index contributed by atoms with van der Waals surface area (Å²) in [6.45, 7) is 4.68. The second-order valence-electron chi connectivity index (χ2n) is 5.99. The van der Waals surface area contributed by atoms with Crippen LogP contribution >= 0.6 is 0 Å². The first-order chi connectivity index (χ1) is 11.4. The lowest BCUT2D eigenvalue weighted by Crippen LogP contribution is -2.38. The Labute approximate surface area is 138 Å². The summed E-state index contributed by atoms with van der Waals surface area (Å²) in [6, 6.07) is 14.7. The predicted octanol–water partition coefficient (Wildman–Crippen LogP) is 3.18. The van der Waals surface area contributed by atoms with Gasteiger partial charge in [-0.25, -0.2) is 0 Å². The second-order valence-corrected chi connectivity index (χ2v) is 5.99. The summed E-state index contributed by atoms with van der Waals surface area (Å²) in [5.41, 5.74) is 1.45. The summed E-state index contributed by atoms with van der Waals surface area (Å²) < 4.78 is 5.35. The maximum Gasteiger partial charge on any atom is 0.191 e. The van der Waals surface area contributed by atoms with Crippen LogP contribution in [0.2, 0.25) is 0 Å². The number of nitrogens with zero attached hydrogens (tertiary/aromatic N) is 1. The van der Waals surface area contributed by atoms with Crippen LogP contribution in [0, 0.1) is 5.92 Å². The molecular formula is C19H25N3O. The van der Waals surface area contributed by atoms with Crippen LogP contribution in [-0.4, -0.2) is 25.6 Å². The van der Waals surface area contributed by atoms with Crippen LogP contribution in [0.3, 0.4) is 0 Å². The minimum Gasteiger partial charge on any atom is -0.469 e. The van der Waals surface area contributed by atoms with Crippen molar-refractivity contribution in [3.63, 3.8) is 0 Å². The number of rotatable bonds is 7. The maximum absolute atomic E-state index is 5.35. The molecule has 23 heavy (non-hydrogen) atoms. The van der Waals surface area contributed by atoms with Crippen LogP contribution < -0.4 is 10.6 Å². The number of guanidine groups is 1. The topological polar surface area (TPSA) is 49.6 Å². The molecule has 1 aromatic heterocycles. The third-order valence-electron chi connectivity index (χ3n) is 4.22. The normalized spacial score (nSPS) is 20.3. The van der Waals surface area contributed by atoms with E-state index in [-0.39, 0.29) is 0 Å². The molecule has 1 saturated carbocycles. The highest BCUT2D eigenvalue weighted by Crippen LogP contribution is 2.47. The van der Waals surface area contributed by atoms with Crippen molar-refractivity contribution in [2.75, 3.05) is 19.6 Å². The fourth-order valence-electron chi connectivity index (χ4n) is 2.87. The SMILES string of the molecule is CCNC(=NCC1CC1c1ccccc1)NCCc1ccco1. The first-order valence-electron chi connectivity index (χ1n) is 8.46. The van der Waals surface area contributed by atoms with Gasteiger partial charge in [0.1, 0.15) is 5.76 Å². The van der Waals surface area contributed by atoms with E-state index in [0.29, 0.717) is 11.8 Å². The van der Waals surface area contributed by atoms with E-state index in [1.165, 1.54) is 12.0 Å². The molecule has 1 aromatic carbocycles. The number of nitrogens with one attached hydrogen (secondary N) is 2. The Morgan fingerprint density at radius 2 is 2.04 bits per heavy atom. The van der Waals surface area contributed by atoms with Crippen LogP contribution in [0.1, 0.15) is 30.6 Å². The summed E-state index contributed by atoms with van der Waals surface area (Å²) >= 11 is 0. The number of furan rings is 1. The summed E-state index contributed by atoms with van der Waals surface area (Å²) in [5.74, 6) is 3.27. The zero-order valence-corrected chi connectivity index (χ0v) is 13.7. The van der Waals surface area contributed by atoms with Crippen molar-refractivity contribution in [1.82, 2.24) is 10.6 Å². The number of hydrogen-bond donors (Lipinski definition) is 2. The molecule has 122 valence electrons. The average Bonchev–Trinajstić information content (AvgIpc) is 3.18. The lowest BCUT2D eigenvalue weighted by atomic mass is 10.1. The largest absolute Gasteiger partial charge is 0.469 e. The lowest BCUT2D eigenvalue weighted by Gasteiger charge is -2.10. The molecule has 0 saturated heterocycles. The lowest BCUT2D eigenvalue weighted by molar-refractivity contribution is 0.507. The van der Waals surface area contributed by atoms with E-state index in [1.807, 2.05) is 12.1 Å². The predicted molar refractivity (Wildman–Crippen MR) is 93.7 cm³/mol. The fraction of sp³-hybridized carbons (Fsp3) is 0.421. The minimum absolute atomic E-state index is 0.679. The van der Waals surface area contributed by atoms with E-state index in [0.717, 1.165) is 37.8 Å². The van der Waals surface area contributed by atoms with Crippen molar-refractivity contribution in [1.29, 1.82) is 0 Å². The molecule has 0 amide bonds. The van der Waals surface area contributed by atoms with Gasteiger partial charge in [-0.1, -0.05) is 30.3 Å². The molecule has 2 N–H and O–H groups in total. The molecule has 1 aliphatic carbocycles. The van der Waals surface area contributed by atoms with Gasteiger partial charge >= 0.3 is 0 Å². The zero-order chi connectivity index (χ0) is 15.9. The van der Waals surface area contributed by atoms with E-state index in [2.05, 4.69) is 47.9 Å². The minimum atomic E-state index is 0.679. The van der Waals surface area contributed by atoms with Crippen molar-refractivity contribution < 1.29 is 4.42 Å². The van der Waals surface area contributed by atoms with Gasteiger partial charge in [0, 0.05) is 26.1 Å². The Balaban J connectivity index is 1.45. The van der Waals surface area contributed by atoms with Gasteiger partial charge in [0.05, 0.1) is 6.26 Å². The van der Waals surface area contributed by atoms with Gasteiger partial charge < -0.3 is 15.1 Å². The standard InChI is InChI=1S/C19H25N3O/c1-2-20-19(21-11-10-17-9-6-12-23-17)22-14-16-13-18(16)15-7-4-3-5-8-15/h3-9,12,16,18H,2,10-11,13-14H2,1H3,(H2,20,21,22). The summed E-state index contributed by atoms with van der Waals surface area (Å²) in [6.07, 6.45) is 3.83. The van der Waals surface area contributed by atoms with Gasteiger partial charge in [-0.2, -0.15) is 0 Å². The molecule has 0 bridgehead atoms. The Hall–Kier alpha value is -2.23. The highest BCUT2D eigenvalue weighted by atomic mass is 16.3. The molecule has 0 aliphatic heterocycles. The molecule has 2 atom stereocenters. The van der Waals surface area contributed by atoms with E-state index in [4.69, 9.17) is 9.41 Å². The van der Waals surface area contributed by atoms with Crippen molar-refractivity contribution >= 4 is 5.96 Å². The smallest absolute Gasteiger partial charge is 0.191 e. The third kappa shape index (κ3) is 4.62. The van der Waals surface area contributed by atoms with Gasteiger partial charge in [-0.3, -0.25) is 4.99 Å². The van der Waals surface area contributed by atoms with E-state index >= 15 is 0 Å². The fourth-order valence-corrected chi connectivity index (χ4v) is 2.87. The van der Waals surface area contributed by atoms with E-state index in [1.54, 1.807) is 6.26 Å². The first-order valence-corrected chi connectivity index (χ1v) is 8.46. The highest BCUT2D eigenvalue weighted by molar-refractivity contribution is 5.79. The number of aliphatic imine (C=N–C) groups is 1. The van der Waals surface area contributed by atoms with Crippen molar-refractivity contribution in [3.05, 3.63) is 60.1 Å². The highest BCUT2D eigenvalue weighted by Gasteiger charge is 2.37. The van der Waals surface area contributed by atoms with Crippen LogP contribution in [0.4, 0.5) is 0 Å². The molecule has 0 radical (unpaired) electrons. The Morgan fingerprint density at radius 1 is 1.17 bits per heavy atom. The number of benzene rings is 1. The van der Waals surface area contributed by atoms with E-state index < -0.39 is 0 Å². The molecule has 0 spiro atoms. The molecule has 2 aromatic rings. The molecule has 1 heterocycles. The van der Waals surface area contributed by atoms with Crippen molar-refractivity contribution in [2.45, 2.75) is 25.7 Å². The summed E-state index contributed by atoms with van der Waals surface area (Å²) in [4.78, 5) is 4.73. The van der Waals surface area contributed by atoms with E-state index in [9.17, 15) is 0 Å². The Bertz CT molecular complexity index is 607. The van der Waals surface area contributed by atoms with Gasteiger partial charge in [-0.05, 0) is 42.9 Å². The Kier molecular flexibility index (Phi) is 5.35. The van der Waals surface area contributed by atoms with Crippen molar-refractivity contribution in [3.8, 4) is 0 Å². The molecular weight excluding hydrogens is 286 g/mol. The molecule has 4 nitrogen and oxygen atoms in total. The van der Waals surface area contributed by atoms with Crippen LogP contribution in [0.15, 0.2) is 58.1 Å². The van der Waals surface area contributed by atoms with Gasteiger partial charge in [-0.15, -0.1) is 0 Å². The van der Waals surface area contributed by atoms with Gasteiger partial charge in [0.2, 0.25) is 0 Å². The molecule has 1 fully saturated rings. The van der Waals surface area contributed by atoms with Crippen LogP contribution in [-0.2, 0) is 6.42 Å². The monoisotopic (exact) mass is 311 g/mol. The van der Waals surface area contributed by atoms with Crippen LogP contribution in [0.5, 0.6) is 0 Å². The maximum atomic E-state index is 5.35. The Morgan fingerprint density at radius 3 is 2.78 bits per heavy atom. The summed E-state index contributed by atoms with van der Waals surface area (Å²) in [7, 11) is 0.